The van der Waals surface area contributed by atoms with Crippen molar-refractivity contribution in [1.82, 2.24) is 0 Å². The van der Waals surface area contributed by atoms with E-state index >= 15 is 0 Å². The highest BCUT2D eigenvalue weighted by Gasteiger charge is 2.10. The molecular formula is C12H12O3. The summed E-state index contributed by atoms with van der Waals surface area (Å²) < 4.78 is 3.97. The normalized spacial score (nSPS) is 13.2. The maximum absolute atomic E-state index is 9.92. The lowest BCUT2D eigenvalue weighted by Crippen LogP contribution is -1.96. The van der Waals surface area contributed by atoms with Crippen LogP contribution in [0.15, 0.2) is 36.4 Å². The second-order valence-corrected chi connectivity index (χ2v) is 3.23. The molecule has 0 saturated heterocycles. The highest BCUT2D eigenvalue weighted by atomic mass is 16.6. The summed E-state index contributed by atoms with van der Waals surface area (Å²) >= 11 is 0. The first-order valence-corrected chi connectivity index (χ1v) is 4.55. The smallest absolute Gasteiger partial charge is 0.338 e. The number of esters is 2. The van der Waals surface area contributed by atoms with Gasteiger partial charge >= 0.3 is 11.9 Å². The van der Waals surface area contributed by atoms with Crippen LogP contribution in [-0.2, 0) is 14.3 Å². The summed E-state index contributed by atoms with van der Waals surface area (Å²) in [6.45, 7) is 4.19. The zero-order chi connectivity index (χ0) is 11.3. The lowest BCUT2D eigenvalue weighted by Gasteiger charge is -1.90. The molecule has 1 aliphatic heterocycles. The maximum Gasteiger partial charge on any atom is 0.338 e. The highest BCUT2D eigenvalue weighted by molar-refractivity contribution is 6.04. The number of carbonyl (C=O) groups is 2. The summed E-state index contributed by atoms with van der Waals surface area (Å²) in [4.78, 5) is 19.8. The molecular weight excluding hydrogens is 192 g/mol. The van der Waals surface area contributed by atoms with Crippen molar-refractivity contribution >= 4 is 11.9 Å². The third-order valence-electron chi connectivity index (χ3n) is 1.77. The molecule has 15 heavy (non-hydrogen) atoms. The quantitative estimate of drug-likeness (QED) is 0.479. The van der Waals surface area contributed by atoms with Gasteiger partial charge in [-0.05, 0) is 13.8 Å². The Balaban J connectivity index is 0.000000151. The first-order valence-electron chi connectivity index (χ1n) is 4.55. The van der Waals surface area contributed by atoms with Gasteiger partial charge in [0.1, 0.15) is 0 Å². The van der Waals surface area contributed by atoms with E-state index in [0.717, 1.165) is 12.2 Å². The topological polar surface area (TPSA) is 43.4 Å². The van der Waals surface area contributed by atoms with E-state index in [1.54, 1.807) is 0 Å². The standard InChI is InChI=1S/C8H10.C4H2O3/c1-7-3-5-8(2)6-4-7;5-3-1-2-4(6)7-3/h3-6H,1-2H3;1-2H. The molecule has 0 atom stereocenters. The lowest BCUT2D eigenvalue weighted by atomic mass is 10.2. The van der Waals surface area contributed by atoms with E-state index in [4.69, 9.17) is 0 Å². The van der Waals surface area contributed by atoms with Crippen molar-refractivity contribution in [3.63, 3.8) is 0 Å². The van der Waals surface area contributed by atoms with Crippen molar-refractivity contribution < 1.29 is 14.3 Å². The molecule has 0 unspecified atom stereocenters. The van der Waals surface area contributed by atoms with E-state index in [1.165, 1.54) is 11.1 Å². The fourth-order valence-corrected chi connectivity index (χ4v) is 0.940. The van der Waals surface area contributed by atoms with Gasteiger partial charge in [0.05, 0.1) is 0 Å². The third-order valence-corrected chi connectivity index (χ3v) is 1.77. The molecule has 0 fully saturated rings. The molecule has 0 N–H and O–H groups in total. The number of aryl methyl sites for hydroxylation is 2. The Kier molecular flexibility index (Phi) is 3.80. The fraction of sp³-hybridized carbons (Fsp3) is 0.167. The molecule has 1 aromatic carbocycles. The predicted molar refractivity (Wildman–Crippen MR) is 56.2 cm³/mol. The number of hydrogen-bond acceptors (Lipinski definition) is 3. The van der Waals surface area contributed by atoms with Gasteiger partial charge in [-0.1, -0.05) is 35.4 Å². The van der Waals surface area contributed by atoms with Crippen molar-refractivity contribution in [2.45, 2.75) is 13.8 Å². The first kappa shape index (κ1) is 11.2. The van der Waals surface area contributed by atoms with E-state index in [0.29, 0.717) is 0 Å². The van der Waals surface area contributed by atoms with Crippen LogP contribution < -0.4 is 0 Å². The summed E-state index contributed by atoms with van der Waals surface area (Å²) in [5.41, 5.74) is 2.66. The average molecular weight is 204 g/mol. The third kappa shape index (κ3) is 4.22. The van der Waals surface area contributed by atoms with Crippen LogP contribution in [0.25, 0.3) is 0 Å². The molecule has 0 bridgehead atoms. The Morgan fingerprint density at radius 2 is 1.13 bits per heavy atom. The molecule has 0 aliphatic carbocycles. The van der Waals surface area contributed by atoms with Gasteiger partial charge in [-0.3, -0.25) is 0 Å². The molecule has 2 rings (SSSR count). The van der Waals surface area contributed by atoms with E-state index in [9.17, 15) is 9.59 Å². The molecule has 1 aliphatic rings. The van der Waals surface area contributed by atoms with Crippen LogP contribution in [-0.4, -0.2) is 11.9 Å². The van der Waals surface area contributed by atoms with E-state index in [-0.39, 0.29) is 0 Å². The molecule has 0 saturated carbocycles. The van der Waals surface area contributed by atoms with Crippen LogP contribution in [0.4, 0.5) is 0 Å². The first-order chi connectivity index (χ1) is 7.08. The second-order valence-electron chi connectivity index (χ2n) is 3.23. The van der Waals surface area contributed by atoms with Gasteiger partial charge in [0.25, 0.3) is 0 Å². The van der Waals surface area contributed by atoms with Gasteiger partial charge in [0.2, 0.25) is 0 Å². The summed E-state index contributed by atoms with van der Waals surface area (Å²) in [6.07, 6.45) is 2.17. The number of ether oxygens (including phenoxy) is 1. The van der Waals surface area contributed by atoms with Gasteiger partial charge in [-0.25, -0.2) is 9.59 Å². The summed E-state index contributed by atoms with van der Waals surface area (Å²) in [5, 5.41) is 0. The van der Waals surface area contributed by atoms with Crippen molar-refractivity contribution in [2.75, 3.05) is 0 Å². The predicted octanol–water partition coefficient (Wildman–Crippen LogP) is 1.93. The molecule has 0 radical (unpaired) electrons. The van der Waals surface area contributed by atoms with Crippen LogP contribution in [0.1, 0.15) is 11.1 Å². The van der Waals surface area contributed by atoms with Crippen molar-refractivity contribution in [3.8, 4) is 0 Å². The highest BCUT2D eigenvalue weighted by Crippen LogP contribution is 1.99. The molecule has 1 aromatic rings. The summed E-state index contributed by atoms with van der Waals surface area (Å²) in [5.74, 6) is -1.16. The van der Waals surface area contributed by atoms with Crippen molar-refractivity contribution in [3.05, 3.63) is 47.5 Å². The minimum absolute atomic E-state index is 0.579. The van der Waals surface area contributed by atoms with Crippen LogP contribution in [0.2, 0.25) is 0 Å². The van der Waals surface area contributed by atoms with E-state index in [2.05, 4.69) is 42.8 Å². The maximum atomic E-state index is 9.92. The molecule has 78 valence electrons. The fourth-order valence-electron chi connectivity index (χ4n) is 0.940. The van der Waals surface area contributed by atoms with Crippen LogP contribution in [0.3, 0.4) is 0 Å². The van der Waals surface area contributed by atoms with Crippen molar-refractivity contribution in [1.29, 1.82) is 0 Å². The number of carbonyl (C=O) groups excluding carboxylic acids is 2. The number of benzene rings is 1. The molecule has 3 nitrogen and oxygen atoms in total. The Morgan fingerprint density at radius 3 is 1.33 bits per heavy atom. The number of cyclic esters (lactones) is 2. The summed E-state index contributed by atoms with van der Waals surface area (Å²) in [6, 6.07) is 8.48. The molecule has 1 heterocycles. The molecule has 0 aromatic heterocycles. The molecule has 0 amide bonds. The zero-order valence-corrected chi connectivity index (χ0v) is 8.69. The lowest BCUT2D eigenvalue weighted by molar-refractivity contribution is -0.150. The van der Waals surface area contributed by atoms with Gasteiger partial charge in [0.15, 0.2) is 0 Å². The van der Waals surface area contributed by atoms with Crippen LogP contribution >= 0.6 is 0 Å². The monoisotopic (exact) mass is 204 g/mol. The summed E-state index contributed by atoms with van der Waals surface area (Å²) in [7, 11) is 0. The Morgan fingerprint density at radius 1 is 0.800 bits per heavy atom. The minimum Gasteiger partial charge on any atom is -0.387 e. The molecule has 3 heteroatoms. The Bertz CT molecular complexity index is 351. The van der Waals surface area contributed by atoms with Crippen LogP contribution in [0.5, 0.6) is 0 Å². The van der Waals surface area contributed by atoms with Gasteiger partial charge < -0.3 is 4.74 Å². The number of rotatable bonds is 0. The van der Waals surface area contributed by atoms with Crippen molar-refractivity contribution in [2.24, 2.45) is 0 Å². The second kappa shape index (κ2) is 5.10. The Labute approximate surface area is 88.4 Å². The zero-order valence-electron chi connectivity index (χ0n) is 8.69. The average Bonchev–Trinajstić information content (AvgIpc) is 2.56. The van der Waals surface area contributed by atoms with Crippen LogP contribution in [0, 0.1) is 13.8 Å². The van der Waals surface area contributed by atoms with Gasteiger partial charge in [-0.15, -0.1) is 0 Å². The van der Waals surface area contributed by atoms with E-state index in [1.807, 2.05) is 0 Å². The minimum atomic E-state index is -0.579. The number of hydrogen-bond donors (Lipinski definition) is 0. The Hall–Kier alpha value is -1.90. The van der Waals surface area contributed by atoms with Gasteiger partial charge in [0, 0.05) is 12.2 Å². The van der Waals surface area contributed by atoms with Gasteiger partial charge in [-0.2, -0.15) is 0 Å². The SMILES string of the molecule is Cc1ccc(C)cc1.O=C1C=CC(=O)O1. The molecule has 0 spiro atoms. The largest absolute Gasteiger partial charge is 0.387 e. The van der Waals surface area contributed by atoms with E-state index < -0.39 is 11.9 Å².